The Morgan fingerprint density at radius 2 is 1.85 bits per heavy atom. The van der Waals surface area contributed by atoms with Crippen molar-refractivity contribution in [2.45, 2.75) is 58.4 Å². The van der Waals surface area contributed by atoms with Crippen LogP contribution in [0.2, 0.25) is 0 Å². The maximum absolute atomic E-state index is 12.6. The number of rotatable bonds is 4. The molecule has 1 heterocycles. The van der Waals surface area contributed by atoms with Crippen LogP contribution in [0.5, 0.6) is 0 Å². The van der Waals surface area contributed by atoms with Crippen LogP contribution in [0.3, 0.4) is 0 Å². The van der Waals surface area contributed by atoms with Gasteiger partial charge in [0, 0.05) is 24.4 Å². The number of nitrogens with two attached hydrogens (primary N) is 1. The Hall–Kier alpha value is -2.49. The van der Waals surface area contributed by atoms with Gasteiger partial charge in [-0.25, -0.2) is 0 Å². The molecule has 4 nitrogen and oxygen atoms in total. The van der Waals surface area contributed by atoms with Crippen molar-refractivity contribution in [3.8, 4) is 0 Å². The van der Waals surface area contributed by atoms with E-state index >= 15 is 0 Å². The van der Waals surface area contributed by atoms with Crippen LogP contribution in [0.25, 0.3) is 0 Å². The molecule has 0 bridgehead atoms. The summed E-state index contributed by atoms with van der Waals surface area (Å²) in [6, 6.07) is 14.6. The molecule has 3 rings (SSSR count). The van der Waals surface area contributed by atoms with Gasteiger partial charge in [0.15, 0.2) is 0 Å². The summed E-state index contributed by atoms with van der Waals surface area (Å²) in [5.41, 5.74) is 10.8. The zero-order chi connectivity index (χ0) is 19.8. The molecule has 0 radical (unpaired) electrons. The van der Waals surface area contributed by atoms with Gasteiger partial charge in [0.1, 0.15) is 0 Å². The van der Waals surface area contributed by atoms with E-state index in [1.165, 1.54) is 5.56 Å². The number of benzene rings is 2. The third kappa shape index (κ3) is 3.29. The lowest BCUT2D eigenvalue weighted by molar-refractivity contribution is -0.117. The van der Waals surface area contributed by atoms with E-state index in [-0.39, 0.29) is 16.9 Å². The van der Waals surface area contributed by atoms with Crippen molar-refractivity contribution in [1.82, 2.24) is 0 Å². The highest BCUT2D eigenvalue weighted by Crippen LogP contribution is 2.52. The maximum Gasteiger partial charge on any atom is 0.224 e. The SMILES string of the molecule is CCCNc1cc2c(cc1N)C(C)(c1ccccc1)CC(C)(C)N2C(C)=O. The number of carbonyl (C=O) groups is 1. The Morgan fingerprint density at radius 1 is 1.19 bits per heavy atom. The third-order valence-electron chi connectivity index (χ3n) is 5.69. The fourth-order valence-electron chi connectivity index (χ4n) is 4.67. The van der Waals surface area contributed by atoms with Crippen LogP contribution in [-0.4, -0.2) is 18.0 Å². The number of hydrogen-bond acceptors (Lipinski definition) is 3. The van der Waals surface area contributed by atoms with E-state index in [1.807, 2.05) is 11.0 Å². The average Bonchev–Trinajstić information content (AvgIpc) is 2.60. The number of nitrogens with one attached hydrogen (secondary N) is 1. The molecule has 0 aliphatic carbocycles. The number of fused-ring (bicyclic) bond motifs is 1. The predicted octanol–water partition coefficient (Wildman–Crippen LogP) is 4.93. The Bertz CT molecular complexity index is 844. The Morgan fingerprint density at radius 3 is 2.44 bits per heavy atom. The largest absolute Gasteiger partial charge is 0.397 e. The van der Waals surface area contributed by atoms with Gasteiger partial charge in [0.25, 0.3) is 0 Å². The highest BCUT2D eigenvalue weighted by atomic mass is 16.2. The summed E-state index contributed by atoms with van der Waals surface area (Å²) >= 11 is 0. The molecule has 1 unspecified atom stereocenters. The molecule has 0 spiro atoms. The molecule has 4 heteroatoms. The lowest BCUT2D eigenvalue weighted by Gasteiger charge is -2.51. The first-order chi connectivity index (χ1) is 12.7. The second-order valence-electron chi connectivity index (χ2n) is 8.43. The average molecular weight is 366 g/mol. The number of anilines is 3. The molecule has 27 heavy (non-hydrogen) atoms. The second-order valence-corrected chi connectivity index (χ2v) is 8.43. The molecule has 0 saturated heterocycles. The number of hydrogen-bond donors (Lipinski definition) is 2. The van der Waals surface area contributed by atoms with Crippen LogP contribution in [-0.2, 0) is 10.2 Å². The van der Waals surface area contributed by atoms with Crippen molar-refractivity contribution in [3.05, 3.63) is 53.6 Å². The van der Waals surface area contributed by atoms with Crippen LogP contribution in [0, 0.1) is 0 Å². The molecule has 2 aromatic rings. The lowest BCUT2D eigenvalue weighted by atomic mass is 9.65. The summed E-state index contributed by atoms with van der Waals surface area (Å²) in [4.78, 5) is 14.5. The smallest absolute Gasteiger partial charge is 0.224 e. The highest BCUT2D eigenvalue weighted by molar-refractivity contribution is 5.97. The van der Waals surface area contributed by atoms with Crippen molar-refractivity contribution in [1.29, 1.82) is 0 Å². The van der Waals surface area contributed by atoms with Crippen molar-refractivity contribution in [3.63, 3.8) is 0 Å². The van der Waals surface area contributed by atoms with Gasteiger partial charge >= 0.3 is 0 Å². The number of nitrogens with zero attached hydrogens (tertiary/aromatic N) is 1. The zero-order valence-electron chi connectivity index (χ0n) is 17.1. The minimum Gasteiger partial charge on any atom is -0.397 e. The van der Waals surface area contributed by atoms with Gasteiger partial charge < -0.3 is 16.0 Å². The molecule has 2 aromatic carbocycles. The van der Waals surface area contributed by atoms with Crippen LogP contribution in [0.4, 0.5) is 17.1 Å². The quantitative estimate of drug-likeness (QED) is 0.755. The molecule has 144 valence electrons. The van der Waals surface area contributed by atoms with Gasteiger partial charge in [0.2, 0.25) is 5.91 Å². The van der Waals surface area contributed by atoms with Crippen LogP contribution in [0.15, 0.2) is 42.5 Å². The summed E-state index contributed by atoms with van der Waals surface area (Å²) in [7, 11) is 0. The van der Waals surface area contributed by atoms with E-state index in [4.69, 9.17) is 5.73 Å². The summed E-state index contributed by atoms with van der Waals surface area (Å²) < 4.78 is 0. The fraction of sp³-hybridized carbons (Fsp3) is 0.435. The Kier molecular flexibility index (Phi) is 4.94. The molecule has 0 aromatic heterocycles. The molecule has 3 N–H and O–H groups in total. The van der Waals surface area contributed by atoms with E-state index in [0.29, 0.717) is 0 Å². The van der Waals surface area contributed by atoms with Gasteiger partial charge in [-0.2, -0.15) is 0 Å². The zero-order valence-corrected chi connectivity index (χ0v) is 17.1. The molecular weight excluding hydrogens is 334 g/mol. The molecule has 1 aliphatic heterocycles. The molecule has 0 saturated carbocycles. The molecular formula is C23H31N3O. The number of nitrogen functional groups attached to an aromatic ring is 1. The van der Waals surface area contributed by atoms with Gasteiger partial charge in [-0.15, -0.1) is 0 Å². The van der Waals surface area contributed by atoms with E-state index in [1.54, 1.807) is 6.92 Å². The summed E-state index contributed by atoms with van der Waals surface area (Å²) in [5.74, 6) is 0.0579. The van der Waals surface area contributed by atoms with Crippen LogP contribution in [0.1, 0.15) is 58.6 Å². The monoisotopic (exact) mass is 365 g/mol. The van der Waals surface area contributed by atoms with Gasteiger partial charge in [0.05, 0.1) is 17.1 Å². The minimum atomic E-state index is -0.304. The highest BCUT2D eigenvalue weighted by Gasteiger charge is 2.47. The summed E-state index contributed by atoms with van der Waals surface area (Å²) in [5, 5.41) is 3.40. The predicted molar refractivity (Wildman–Crippen MR) is 114 cm³/mol. The minimum absolute atomic E-state index is 0.0579. The third-order valence-corrected chi connectivity index (χ3v) is 5.69. The lowest BCUT2D eigenvalue weighted by Crippen LogP contribution is -2.55. The van der Waals surface area contributed by atoms with E-state index in [9.17, 15) is 4.79 Å². The topological polar surface area (TPSA) is 58.4 Å². The molecule has 1 aliphatic rings. The van der Waals surface area contributed by atoms with Gasteiger partial charge in [-0.05, 0) is 49.9 Å². The Labute approximate surface area is 162 Å². The van der Waals surface area contributed by atoms with E-state index < -0.39 is 0 Å². The van der Waals surface area contributed by atoms with Crippen molar-refractivity contribution < 1.29 is 4.79 Å². The van der Waals surface area contributed by atoms with Gasteiger partial charge in [-0.1, -0.05) is 44.2 Å². The second kappa shape index (κ2) is 6.91. The van der Waals surface area contributed by atoms with Crippen molar-refractivity contribution in [2.24, 2.45) is 0 Å². The number of carbonyl (C=O) groups excluding carboxylic acids is 1. The van der Waals surface area contributed by atoms with Gasteiger partial charge in [-0.3, -0.25) is 4.79 Å². The van der Waals surface area contributed by atoms with E-state index in [0.717, 1.165) is 42.0 Å². The van der Waals surface area contributed by atoms with E-state index in [2.05, 4.69) is 69.4 Å². The van der Waals surface area contributed by atoms with Crippen molar-refractivity contribution in [2.75, 3.05) is 22.5 Å². The Balaban J connectivity index is 2.26. The first-order valence-corrected chi connectivity index (χ1v) is 9.75. The first kappa shape index (κ1) is 19.3. The molecule has 1 atom stereocenters. The number of amides is 1. The maximum atomic E-state index is 12.6. The normalized spacial score (nSPS) is 20.9. The van der Waals surface area contributed by atoms with Crippen LogP contribution >= 0.6 is 0 Å². The summed E-state index contributed by atoms with van der Waals surface area (Å²) in [6.07, 6.45) is 1.85. The standard InChI is InChI=1S/C23H31N3O/c1-6-12-25-20-14-21-18(13-19(20)24)23(5,17-10-8-7-9-11-17)15-22(3,4)26(21)16(2)27/h7-11,13-14,25H,6,12,15,24H2,1-5H3. The summed E-state index contributed by atoms with van der Waals surface area (Å²) in [6.45, 7) is 11.2. The molecule has 1 amide bonds. The fourth-order valence-corrected chi connectivity index (χ4v) is 4.67. The van der Waals surface area contributed by atoms with Crippen molar-refractivity contribution >= 4 is 23.0 Å². The molecule has 0 fully saturated rings. The first-order valence-electron chi connectivity index (χ1n) is 9.75. The van der Waals surface area contributed by atoms with Crippen LogP contribution < -0.4 is 16.0 Å².